The van der Waals surface area contributed by atoms with Gasteiger partial charge in [0.2, 0.25) is 0 Å². The molecule has 0 saturated heterocycles. The molecule has 0 N–H and O–H groups in total. The summed E-state index contributed by atoms with van der Waals surface area (Å²) in [6, 6.07) is 0. The van der Waals surface area contributed by atoms with Crippen LogP contribution in [0.3, 0.4) is 0 Å². The summed E-state index contributed by atoms with van der Waals surface area (Å²) in [7, 11) is 1.37. The largest absolute Gasteiger partial charge is 0.466 e. The molecule has 0 unspecified atom stereocenters. The van der Waals surface area contributed by atoms with Crippen molar-refractivity contribution in [2.24, 2.45) is 0 Å². The first-order valence-corrected chi connectivity index (χ1v) is 3.97. The van der Waals surface area contributed by atoms with E-state index >= 15 is 0 Å². The molecule has 0 heterocycles. The summed E-state index contributed by atoms with van der Waals surface area (Å²) < 4.78 is 4.51. The van der Waals surface area contributed by atoms with Crippen molar-refractivity contribution in [2.45, 2.75) is 26.7 Å². The Morgan fingerprint density at radius 1 is 1.50 bits per heavy atom. The zero-order valence-corrected chi connectivity index (χ0v) is 8.02. The highest BCUT2D eigenvalue weighted by Crippen LogP contribution is 2.06. The normalized spacial score (nSPS) is 8.92. The third-order valence-electron chi connectivity index (χ3n) is 1.47. The molecule has 0 saturated carbocycles. The Morgan fingerprint density at radius 3 is 2.50 bits per heavy atom. The molecular formula is C10H16O2. The van der Waals surface area contributed by atoms with Gasteiger partial charge in [-0.05, 0) is 26.7 Å². The van der Waals surface area contributed by atoms with E-state index in [9.17, 15) is 4.79 Å². The third kappa shape index (κ3) is 4.72. The van der Waals surface area contributed by atoms with E-state index in [-0.39, 0.29) is 5.97 Å². The molecule has 0 rings (SSSR count). The van der Waals surface area contributed by atoms with E-state index < -0.39 is 0 Å². The van der Waals surface area contributed by atoms with Crippen LogP contribution >= 0.6 is 0 Å². The number of methoxy groups -OCH3 is 1. The van der Waals surface area contributed by atoms with Crippen molar-refractivity contribution >= 4 is 5.97 Å². The fourth-order valence-corrected chi connectivity index (χ4v) is 0.781. The minimum absolute atomic E-state index is 0.308. The number of esters is 1. The van der Waals surface area contributed by atoms with Crippen LogP contribution in [0.2, 0.25) is 0 Å². The second-order valence-electron chi connectivity index (χ2n) is 2.92. The number of allylic oxidation sites excluding steroid dienone is 2. The Labute approximate surface area is 73.9 Å². The van der Waals surface area contributed by atoms with Crippen molar-refractivity contribution in [1.82, 2.24) is 0 Å². The van der Waals surface area contributed by atoms with E-state index in [4.69, 9.17) is 0 Å². The summed E-state index contributed by atoms with van der Waals surface area (Å²) in [5, 5.41) is 0. The Hall–Kier alpha value is -1.05. The number of carbonyl (C=O) groups is 1. The van der Waals surface area contributed by atoms with Crippen molar-refractivity contribution in [1.29, 1.82) is 0 Å². The lowest BCUT2D eigenvalue weighted by molar-refractivity contribution is -0.136. The van der Waals surface area contributed by atoms with Gasteiger partial charge in [-0.2, -0.15) is 0 Å². The summed E-state index contributed by atoms with van der Waals surface area (Å²) >= 11 is 0. The van der Waals surface area contributed by atoms with Crippen LogP contribution in [-0.2, 0) is 9.53 Å². The maximum absolute atomic E-state index is 10.8. The smallest absolute Gasteiger partial charge is 0.333 e. The minimum Gasteiger partial charge on any atom is -0.466 e. The Kier molecular flexibility index (Phi) is 5.09. The number of hydrogen-bond acceptors (Lipinski definition) is 2. The molecule has 0 spiro atoms. The molecule has 0 aromatic carbocycles. The second kappa shape index (κ2) is 5.58. The molecule has 0 aromatic heterocycles. The van der Waals surface area contributed by atoms with Crippen molar-refractivity contribution in [3.63, 3.8) is 0 Å². The molecule has 0 aliphatic carbocycles. The van der Waals surface area contributed by atoms with Crippen molar-refractivity contribution < 1.29 is 9.53 Å². The summed E-state index contributed by atoms with van der Waals surface area (Å²) in [6.07, 6.45) is 3.61. The van der Waals surface area contributed by atoms with E-state index in [1.165, 1.54) is 12.7 Å². The maximum Gasteiger partial charge on any atom is 0.333 e. The number of carbonyl (C=O) groups excluding carboxylic acids is 1. The summed E-state index contributed by atoms with van der Waals surface area (Å²) in [4.78, 5) is 10.8. The van der Waals surface area contributed by atoms with Crippen LogP contribution < -0.4 is 0 Å². The lowest BCUT2D eigenvalue weighted by Crippen LogP contribution is -2.02. The molecule has 0 radical (unpaired) electrons. The first kappa shape index (κ1) is 11.0. The van der Waals surface area contributed by atoms with Crippen LogP contribution in [0, 0.1) is 0 Å². The van der Waals surface area contributed by atoms with Crippen molar-refractivity contribution in [3.8, 4) is 0 Å². The molecule has 0 bridgehead atoms. The van der Waals surface area contributed by atoms with Crippen molar-refractivity contribution in [2.75, 3.05) is 7.11 Å². The molecule has 0 aliphatic heterocycles. The lowest BCUT2D eigenvalue weighted by atomic mass is 10.1. The van der Waals surface area contributed by atoms with Crippen LogP contribution in [-0.4, -0.2) is 13.1 Å². The highest BCUT2D eigenvalue weighted by molar-refractivity contribution is 5.87. The molecule has 2 heteroatoms. The van der Waals surface area contributed by atoms with Gasteiger partial charge in [0.05, 0.1) is 7.11 Å². The standard InChI is InChI=1S/C10H16O2/c1-8(2)6-5-7-9(3)10(11)12-4/h6H,3,5,7H2,1-2,4H3. The van der Waals surface area contributed by atoms with Gasteiger partial charge < -0.3 is 4.74 Å². The Morgan fingerprint density at radius 2 is 2.08 bits per heavy atom. The molecular weight excluding hydrogens is 152 g/mol. The quantitative estimate of drug-likeness (QED) is 0.366. The van der Waals surface area contributed by atoms with Gasteiger partial charge in [0.25, 0.3) is 0 Å². The van der Waals surface area contributed by atoms with Crippen molar-refractivity contribution in [3.05, 3.63) is 23.8 Å². The van der Waals surface area contributed by atoms with Gasteiger partial charge in [0.15, 0.2) is 0 Å². The Bertz CT molecular complexity index is 198. The highest BCUT2D eigenvalue weighted by Gasteiger charge is 2.03. The molecule has 0 atom stereocenters. The van der Waals surface area contributed by atoms with Gasteiger partial charge in [-0.3, -0.25) is 0 Å². The predicted octanol–water partition coefficient (Wildman–Crippen LogP) is 2.46. The molecule has 12 heavy (non-hydrogen) atoms. The van der Waals surface area contributed by atoms with Gasteiger partial charge in [0.1, 0.15) is 0 Å². The second-order valence-corrected chi connectivity index (χ2v) is 2.92. The average Bonchev–Trinajstić information content (AvgIpc) is 2.02. The van der Waals surface area contributed by atoms with E-state index in [1.807, 2.05) is 13.8 Å². The van der Waals surface area contributed by atoms with E-state index in [1.54, 1.807) is 0 Å². The zero-order chi connectivity index (χ0) is 9.56. The fourth-order valence-electron chi connectivity index (χ4n) is 0.781. The monoisotopic (exact) mass is 168 g/mol. The molecule has 0 aromatic rings. The first-order valence-electron chi connectivity index (χ1n) is 3.97. The lowest BCUT2D eigenvalue weighted by Gasteiger charge is -2.00. The number of hydrogen-bond donors (Lipinski definition) is 0. The molecule has 68 valence electrons. The van der Waals surface area contributed by atoms with Gasteiger partial charge in [-0.1, -0.05) is 18.2 Å². The summed E-state index contributed by atoms with van der Waals surface area (Å²) in [5.41, 5.74) is 1.79. The molecule has 0 fully saturated rings. The number of ether oxygens (including phenoxy) is 1. The van der Waals surface area contributed by atoms with Crippen LogP contribution in [0.1, 0.15) is 26.7 Å². The molecule has 0 amide bonds. The average molecular weight is 168 g/mol. The van der Waals surface area contributed by atoms with Crippen LogP contribution in [0.15, 0.2) is 23.8 Å². The van der Waals surface area contributed by atoms with E-state index in [2.05, 4.69) is 17.4 Å². The third-order valence-corrected chi connectivity index (χ3v) is 1.47. The van der Waals surface area contributed by atoms with Gasteiger partial charge in [-0.15, -0.1) is 0 Å². The van der Waals surface area contributed by atoms with Gasteiger partial charge in [-0.25, -0.2) is 4.79 Å². The predicted molar refractivity (Wildman–Crippen MR) is 49.8 cm³/mol. The molecule has 0 aliphatic rings. The van der Waals surface area contributed by atoms with Crippen LogP contribution in [0.25, 0.3) is 0 Å². The maximum atomic E-state index is 10.8. The SMILES string of the molecule is C=C(CCC=C(C)C)C(=O)OC. The summed E-state index contributed by atoms with van der Waals surface area (Å²) in [6.45, 7) is 7.68. The topological polar surface area (TPSA) is 26.3 Å². The number of rotatable bonds is 4. The van der Waals surface area contributed by atoms with E-state index in [0.29, 0.717) is 12.0 Å². The highest BCUT2D eigenvalue weighted by atomic mass is 16.5. The summed E-state index contributed by atoms with van der Waals surface area (Å²) in [5.74, 6) is -0.308. The van der Waals surface area contributed by atoms with Crippen LogP contribution in [0.4, 0.5) is 0 Å². The minimum atomic E-state index is -0.308. The van der Waals surface area contributed by atoms with Gasteiger partial charge in [0, 0.05) is 5.57 Å². The Balaban J connectivity index is 3.73. The van der Waals surface area contributed by atoms with E-state index in [0.717, 1.165) is 6.42 Å². The fraction of sp³-hybridized carbons (Fsp3) is 0.500. The zero-order valence-electron chi connectivity index (χ0n) is 8.02. The first-order chi connectivity index (χ1) is 5.57. The van der Waals surface area contributed by atoms with Gasteiger partial charge >= 0.3 is 5.97 Å². The van der Waals surface area contributed by atoms with Crippen LogP contribution in [0.5, 0.6) is 0 Å². The molecule has 2 nitrogen and oxygen atoms in total.